The number of nitrogens with zero attached hydrogens (tertiary/aromatic N) is 3. The summed E-state index contributed by atoms with van der Waals surface area (Å²) in [5.41, 5.74) is -0.641. The summed E-state index contributed by atoms with van der Waals surface area (Å²) < 4.78 is 30.3. The van der Waals surface area contributed by atoms with E-state index in [0.29, 0.717) is 0 Å². The number of hydrogen-bond donors (Lipinski definition) is 1. The molecule has 0 aromatic carbocycles. The summed E-state index contributed by atoms with van der Waals surface area (Å²) in [4.78, 5) is 14.4. The van der Waals surface area contributed by atoms with Crippen LogP contribution in [0, 0.1) is 0 Å². The van der Waals surface area contributed by atoms with E-state index in [-0.39, 0.29) is 10.8 Å². The molecule has 0 bridgehead atoms. The van der Waals surface area contributed by atoms with Crippen molar-refractivity contribution >= 4 is 17.8 Å². The van der Waals surface area contributed by atoms with E-state index in [1.807, 2.05) is 0 Å². The lowest BCUT2D eigenvalue weighted by Crippen LogP contribution is -2.09. The Morgan fingerprint density at radius 3 is 2.84 bits per heavy atom. The molecule has 2 heterocycles. The molecule has 0 unspecified atom stereocenters. The zero-order valence-electron chi connectivity index (χ0n) is 9.13. The smallest absolute Gasteiger partial charge is 0.449 e. The first kappa shape index (κ1) is 13.2. The number of rotatable bonds is 3. The van der Waals surface area contributed by atoms with E-state index in [1.165, 1.54) is 18.3 Å². The average Bonchev–Trinajstić information content (AvgIpc) is 2.73. The number of carboxylic acid groups (broad SMARTS) is 1. The highest BCUT2D eigenvalue weighted by atomic mass is 35.5. The lowest BCUT2D eigenvalue weighted by atomic mass is 10.4. The molecule has 0 aliphatic carbocycles. The Morgan fingerprint density at radius 1 is 1.53 bits per heavy atom. The van der Waals surface area contributed by atoms with E-state index in [0.717, 1.165) is 10.7 Å². The highest BCUT2D eigenvalue weighted by molar-refractivity contribution is 6.32. The van der Waals surface area contributed by atoms with Crippen LogP contribution >= 0.6 is 11.6 Å². The maximum Gasteiger partial charge on any atom is 0.512 e. The van der Waals surface area contributed by atoms with Crippen molar-refractivity contribution in [2.45, 2.75) is 6.43 Å². The van der Waals surface area contributed by atoms with Crippen LogP contribution in [0.15, 0.2) is 24.4 Å². The minimum absolute atomic E-state index is 0.00711. The fraction of sp³-hybridized carbons (Fsp3) is 0.100. The van der Waals surface area contributed by atoms with Gasteiger partial charge in [-0.05, 0) is 12.1 Å². The number of pyridine rings is 1. The first-order chi connectivity index (χ1) is 8.99. The number of aromatic nitrogens is 3. The maximum absolute atomic E-state index is 12.6. The van der Waals surface area contributed by atoms with Gasteiger partial charge in [-0.3, -0.25) is 0 Å². The Balaban J connectivity index is 2.54. The third kappa shape index (κ3) is 2.79. The first-order valence-electron chi connectivity index (χ1n) is 4.89. The zero-order valence-corrected chi connectivity index (χ0v) is 9.88. The van der Waals surface area contributed by atoms with Crippen molar-refractivity contribution in [2.75, 3.05) is 0 Å². The molecular formula is C10H6ClF2N3O3. The molecule has 0 aliphatic rings. The normalized spacial score (nSPS) is 10.7. The van der Waals surface area contributed by atoms with E-state index in [4.69, 9.17) is 16.7 Å². The molecule has 2 aromatic heterocycles. The maximum atomic E-state index is 12.6. The van der Waals surface area contributed by atoms with Gasteiger partial charge >= 0.3 is 6.16 Å². The van der Waals surface area contributed by atoms with Crippen LogP contribution in [0.2, 0.25) is 5.02 Å². The fourth-order valence-electron chi connectivity index (χ4n) is 1.34. The van der Waals surface area contributed by atoms with Crippen molar-refractivity contribution < 1.29 is 23.4 Å². The second kappa shape index (κ2) is 5.19. The lowest BCUT2D eigenvalue weighted by Gasteiger charge is -2.05. The third-order valence-corrected chi connectivity index (χ3v) is 2.35. The molecule has 0 atom stereocenters. The molecular weight excluding hydrogens is 284 g/mol. The minimum Gasteiger partial charge on any atom is -0.449 e. The standard InChI is InChI=1S/C10H6ClF2N3O3/c11-5-2-1-3-14-9(5)16-7(19-10(17)18)4-6(15-16)8(12)13/h1-4,8H,(H,17,18). The Kier molecular flexibility index (Phi) is 3.61. The van der Waals surface area contributed by atoms with E-state index in [1.54, 1.807) is 0 Å². The largest absolute Gasteiger partial charge is 0.512 e. The number of hydrogen-bond acceptors (Lipinski definition) is 4. The molecule has 2 rings (SSSR count). The zero-order chi connectivity index (χ0) is 14.0. The molecule has 0 fully saturated rings. The molecule has 0 saturated carbocycles. The monoisotopic (exact) mass is 289 g/mol. The molecule has 6 nitrogen and oxygen atoms in total. The van der Waals surface area contributed by atoms with Crippen molar-refractivity contribution in [1.82, 2.24) is 14.8 Å². The summed E-state index contributed by atoms with van der Waals surface area (Å²) >= 11 is 5.84. The van der Waals surface area contributed by atoms with Gasteiger partial charge in [-0.2, -0.15) is 9.78 Å². The van der Waals surface area contributed by atoms with Crippen molar-refractivity contribution in [3.63, 3.8) is 0 Å². The van der Waals surface area contributed by atoms with Gasteiger partial charge in [-0.25, -0.2) is 18.6 Å². The second-order valence-electron chi connectivity index (χ2n) is 3.30. The molecule has 2 aromatic rings. The number of halogens is 3. The summed E-state index contributed by atoms with van der Waals surface area (Å²) in [6, 6.07) is 3.79. The highest BCUT2D eigenvalue weighted by Gasteiger charge is 2.21. The second-order valence-corrected chi connectivity index (χ2v) is 3.70. The van der Waals surface area contributed by atoms with Gasteiger partial charge in [0, 0.05) is 12.3 Å². The first-order valence-corrected chi connectivity index (χ1v) is 5.26. The summed E-state index contributed by atoms with van der Waals surface area (Å²) in [6.07, 6.45) is -3.18. The number of carbonyl (C=O) groups is 1. The predicted molar refractivity (Wildman–Crippen MR) is 60.0 cm³/mol. The molecule has 1 N–H and O–H groups in total. The van der Waals surface area contributed by atoms with Crippen LogP contribution in [0.25, 0.3) is 5.82 Å². The van der Waals surface area contributed by atoms with Gasteiger partial charge < -0.3 is 9.84 Å². The lowest BCUT2D eigenvalue weighted by molar-refractivity contribution is 0.141. The molecule has 0 amide bonds. The molecule has 0 spiro atoms. The van der Waals surface area contributed by atoms with Crippen LogP contribution in [0.3, 0.4) is 0 Å². The van der Waals surface area contributed by atoms with E-state index >= 15 is 0 Å². The Morgan fingerprint density at radius 2 is 2.26 bits per heavy atom. The number of ether oxygens (including phenoxy) is 1. The van der Waals surface area contributed by atoms with Crippen LogP contribution in [0.5, 0.6) is 5.88 Å². The molecule has 0 aliphatic heterocycles. The third-order valence-electron chi connectivity index (χ3n) is 2.05. The van der Waals surface area contributed by atoms with Crippen LogP contribution in [0.4, 0.5) is 13.6 Å². The molecule has 0 radical (unpaired) electrons. The number of alkyl halides is 2. The Hall–Kier alpha value is -2.22. The van der Waals surface area contributed by atoms with E-state index in [2.05, 4.69) is 14.8 Å². The topological polar surface area (TPSA) is 77.2 Å². The van der Waals surface area contributed by atoms with Gasteiger partial charge in [0.15, 0.2) is 5.82 Å². The molecule has 0 saturated heterocycles. The summed E-state index contributed by atoms with van der Waals surface area (Å²) in [5, 5.41) is 12.2. The molecule has 9 heteroatoms. The molecule has 100 valence electrons. The highest BCUT2D eigenvalue weighted by Crippen LogP contribution is 2.27. The van der Waals surface area contributed by atoms with E-state index in [9.17, 15) is 13.6 Å². The summed E-state index contributed by atoms with van der Waals surface area (Å²) in [7, 11) is 0. The average molecular weight is 290 g/mol. The summed E-state index contributed by atoms with van der Waals surface area (Å²) in [6.45, 7) is 0. The SMILES string of the molecule is O=C(O)Oc1cc(C(F)F)nn1-c1ncccc1Cl. The van der Waals surface area contributed by atoms with Crippen molar-refractivity contribution in [3.05, 3.63) is 35.1 Å². The summed E-state index contributed by atoms with van der Waals surface area (Å²) in [5.74, 6) is -0.421. The predicted octanol–water partition coefficient (Wildman–Crippen LogP) is 2.92. The minimum atomic E-state index is -2.88. The quantitative estimate of drug-likeness (QED) is 0.879. The van der Waals surface area contributed by atoms with Gasteiger partial charge in [0.1, 0.15) is 5.69 Å². The van der Waals surface area contributed by atoms with Crippen LogP contribution in [0.1, 0.15) is 12.1 Å². The molecule has 19 heavy (non-hydrogen) atoms. The van der Waals surface area contributed by atoms with Gasteiger partial charge in [-0.1, -0.05) is 11.6 Å². The van der Waals surface area contributed by atoms with Gasteiger partial charge in [0.05, 0.1) is 5.02 Å². The fourth-order valence-corrected chi connectivity index (χ4v) is 1.54. The van der Waals surface area contributed by atoms with E-state index < -0.39 is 24.2 Å². The van der Waals surface area contributed by atoms with Crippen molar-refractivity contribution in [1.29, 1.82) is 0 Å². The van der Waals surface area contributed by atoms with Gasteiger partial charge in [-0.15, -0.1) is 0 Å². The van der Waals surface area contributed by atoms with Crippen LogP contribution in [-0.4, -0.2) is 26.0 Å². The van der Waals surface area contributed by atoms with Crippen molar-refractivity contribution in [3.8, 4) is 11.7 Å². The Bertz CT molecular complexity index is 618. The van der Waals surface area contributed by atoms with Crippen LogP contribution in [-0.2, 0) is 0 Å². The van der Waals surface area contributed by atoms with Crippen molar-refractivity contribution in [2.24, 2.45) is 0 Å². The Labute approximate surface area is 110 Å². The van der Waals surface area contributed by atoms with Gasteiger partial charge in [0.25, 0.3) is 6.43 Å². The van der Waals surface area contributed by atoms with Gasteiger partial charge in [0.2, 0.25) is 5.88 Å². The van der Waals surface area contributed by atoms with Crippen LogP contribution < -0.4 is 4.74 Å².